The van der Waals surface area contributed by atoms with Crippen LogP contribution in [-0.2, 0) is 4.74 Å². The first-order valence-corrected chi connectivity index (χ1v) is 5.10. The Morgan fingerprint density at radius 1 is 1.47 bits per heavy atom. The molecule has 1 aliphatic heterocycles. The Bertz CT molecular complexity index is 314. The summed E-state index contributed by atoms with van der Waals surface area (Å²) >= 11 is 0. The van der Waals surface area contributed by atoms with Gasteiger partial charge in [-0.3, -0.25) is 0 Å². The van der Waals surface area contributed by atoms with Crippen molar-refractivity contribution in [3.8, 4) is 0 Å². The van der Waals surface area contributed by atoms with E-state index in [4.69, 9.17) is 4.74 Å². The molecule has 0 aliphatic carbocycles. The van der Waals surface area contributed by atoms with Gasteiger partial charge in [0.2, 0.25) is 0 Å². The first-order valence-electron chi connectivity index (χ1n) is 5.10. The van der Waals surface area contributed by atoms with Gasteiger partial charge in [0, 0.05) is 6.21 Å². The van der Waals surface area contributed by atoms with Crippen LogP contribution in [0.5, 0.6) is 0 Å². The van der Waals surface area contributed by atoms with E-state index in [0.29, 0.717) is 24.9 Å². The normalized spacial score (nSPS) is 23.8. The number of allylic oxidation sites excluding steroid dienone is 2. The number of rotatable bonds is 1. The van der Waals surface area contributed by atoms with Crippen molar-refractivity contribution < 1.29 is 4.74 Å². The summed E-state index contributed by atoms with van der Waals surface area (Å²) in [5, 5.41) is 3.03. The van der Waals surface area contributed by atoms with E-state index in [0.717, 1.165) is 11.3 Å². The lowest BCUT2D eigenvalue weighted by molar-refractivity contribution is 0.220. The summed E-state index contributed by atoms with van der Waals surface area (Å²) in [5.74, 6) is 1.76. The maximum Gasteiger partial charge on any atom is 0.118 e. The third-order valence-electron chi connectivity index (χ3n) is 2.14. The van der Waals surface area contributed by atoms with E-state index in [2.05, 4.69) is 37.3 Å². The minimum atomic E-state index is 0.379. The lowest BCUT2D eigenvalue weighted by Gasteiger charge is -2.16. The summed E-state index contributed by atoms with van der Waals surface area (Å²) < 4.78 is 5.51. The van der Waals surface area contributed by atoms with Gasteiger partial charge >= 0.3 is 0 Å². The van der Waals surface area contributed by atoms with Gasteiger partial charge in [-0.25, -0.2) is 4.99 Å². The van der Waals surface area contributed by atoms with Crippen molar-refractivity contribution >= 4 is 6.21 Å². The van der Waals surface area contributed by atoms with Gasteiger partial charge in [-0.05, 0) is 17.6 Å². The molecular weight excluding hydrogens is 188 g/mol. The Morgan fingerprint density at radius 3 is 2.87 bits per heavy atom. The zero-order chi connectivity index (χ0) is 11.3. The maximum atomic E-state index is 5.51. The van der Waals surface area contributed by atoms with Crippen molar-refractivity contribution in [1.29, 1.82) is 0 Å². The largest absolute Gasteiger partial charge is 0.492 e. The Labute approximate surface area is 91.2 Å². The SMILES string of the molecule is C=C1/N=C\C=C(\C(C)C)C(=C)OCCN1. The van der Waals surface area contributed by atoms with Crippen molar-refractivity contribution in [1.82, 2.24) is 5.32 Å². The fraction of sp³-hybridized carbons (Fsp3) is 0.417. The highest BCUT2D eigenvalue weighted by Gasteiger charge is 2.08. The van der Waals surface area contributed by atoms with E-state index < -0.39 is 0 Å². The molecule has 0 spiro atoms. The zero-order valence-electron chi connectivity index (χ0n) is 9.42. The molecule has 0 fully saturated rings. The van der Waals surface area contributed by atoms with E-state index in [1.165, 1.54) is 0 Å². The van der Waals surface area contributed by atoms with Gasteiger partial charge in [-0.1, -0.05) is 27.0 Å². The molecule has 1 N–H and O–H groups in total. The fourth-order valence-corrected chi connectivity index (χ4v) is 1.31. The second kappa shape index (κ2) is 5.39. The summed E-state index contributed by atoms with van der Waals surface area (Å²) in [6, 6.07) is 0. The predicted molar refractivity (Wildman–Crippen MR) is 63.6 cm³/mol. The molecule has 0 saturated carbocycles. The zero-order valence-corrected chi connectivity index (χ0v) is 9.42. The summed E-state index contributed by atoms with van der Waals surface area (Å²) in [4.78, 5) is 4.15. The molecule has 0 unspecified atom stereocenters. The number of aliphatic imine (C=N–C) groups is 1. The Kier molecular flexibility index (Phi) is 4.16. The number of nitrogens with zero attached hydrogens (tertiary/aromatic N) is 1. The molecule has 0 saturated heterocycles. The number of nitrogens with one attached hydrogen (secondary N) is 1. The minimum Gasteiger partial charge on any atom is -0.492 e. The van der Waals surface area contributed by atoms with Crippen molar-refractivity contribution in [3.05, 3.63) is 36.4 Å². The van der Waals surface area contributed by atoms with Crippen LogP contribution in [0.1, 0.15) is 13.8 Å². The number of hydrogen-bond acceptors (Lipinski definition) is 3. The molecule has 0 bridgehead atoms. The summed E-state index contributed by atoms with van der Waals surface area (Å²) in [5.41, 5.74) is 1.08. The second-order valence-electron chi connectivity index (χ2n) is 3.70. The first kappa shape index (κ1) is 11.6. The van der Waals surface area contributed by atoms with Crippen LogP contribution in [0.2, 0.25) is 0 Å². The van der Waals surface area contributed by atoms with Gasteiger partial charge in [-0.15, -0.1) is 0 Å². The van der Waals surface area contributed by atoms with Crippen molar-refractivity contribution in [2.24, 2.45) is 10.9 Å². The topological polar surface area (TPSA) is 33.6 Å². The molecule has 0 radical (unpaired) electrons. The molecule has 82 valence electrons. The molecule has 0 aromatic rings. The van der Waals surface area contributed by atoms with Crippen molar-refractivity contribution in [2.75, 3.05) is 13.2 Å². The van der Waals surface area contributed by atoms with Crippen LogP contribution in [0, 0.1) is 5.92 Å². The summed E-state index contributed by atoms with van der Waals surface area (Å²) in [6.07, 6.45) is 3.65. The molecule has 15 heavy (non-hydrogen) atoms. The van der Waals surface area contributed by atoms with E-state index >= 15 is 0 Å². The molecule has 0 aromatic carbocycles. The van der Waals surface area contributed by atoms with E-state index in [1.54, 1.807) is 6.21 Å². The molecule has 1 aliphatic rings. The van der Waals surface area contributed by atoms with Gasteiger partial charge < -0.3 is 10.1 Å². The standard InChI is InChI=1S/C12H18N2O/c1-9(2)12-5-6-13-11(4)14-7-8-15-10(12)3/h5-6,9,14H,3-4,7-8H2,1-2H3/b12-5-,13-6-. The number of ether oxygens (including phenoxy) is 1. The van der Waals surface area contributed by atoms with Crippen LogP contribution in [0.25, 0.3) is 0 Å². The summed E-state index contributed by atoms with van der Waals surface area (Å²) in [7, 11) is 0. The minimum absolute atomic E-state index is 0.379. The highest BCUT2D eigenvalue weighted by molar-refractivity contribution is 5.74. The molecular formula is C12H18N2O. The quantitative estimate of drug-likeness (QED) is 0.714. The van der Waals surface area contributed by atoms with Crippen LogP contribution in [0.3, 0.4) is 0 Å². The smallest absolute Gasteiger partial charge is 0.118 e. The van der Waals surface area contributed by atoms with E-state index in [-0.39, 0.29) is 0 Å². The first-order chi connectivity index (χ1) is 7.11. The molecule has 0 aromatic heterocycles. The highest BCUT2D eigenvalue weighted by atomic mass is 16.5. The molecule has 0 amide bonds. The van der Waals surface area contributed by atoms with E-state index in [1.807, 2.05) is 6.08 Å². The summed E-state index contributed by atoms with van der Waals surface area (Å²) in [6.45, 7) is 13.2. The molecule has 1 rings (SSSR count). The van der Waals surface area contributed by atoms with Crippen molar-refractivity contribution in [2.45, 2.75) is 13.8 Å². The van der Waals surface area contributed by atoms with Crippen LogP contribution in [0.4, 0.5) is 0 Å². The Balaban J connectivity index is 2.87. The van der Waals surface area contributed by atoms with Gasteiger partial charge in [0.1, 0.15) is 18.2 Å². The average Bonchev–Trinajstić information content (AvgIpc) is 2.18. The second-order valence-corrected chi connectivity index (χ2v) is 3.70. The van der Waals surface area contributed by atoms with E-state index in [9.17, 15) is 0 Å². The lowest BCUT2D eigenvalue weighted by Crippen LogP contribution is -2.19. The predicted octanol–water partition coefficient (Wildman–Crippen LogP) is 2.24. The maximum absolute atomic E-state index is 5.51. The molecule has 3 nitrogen and oxygen atoms in total. The van der Waals surface area contributed by atoms with Crippen LogP contribution >= 0.6 is 0 Å². The molecule has 3 heteroatoms. The Hall–Kier alpha value is -1.51. The monoisotopic (exact) mass is 206 g/mol. The fourth-order valence-electron chi connectivity index (χ4n) is 1.31. The third-order valence-corrected chi connectivity index (χ3v) is 2.14. The van der Waals surface area contributed by atoms with Crippen LogP contribution in [-0.4, -0.2) is 19.4 Å². The molecule has 0 atom stereocenters. The third kappa shape index (κ3) is 3.62. The van der Waals surface area contributed by atoms with Crippen molar-refractivity contribution in [3.63, 3.8) is 0 Å². The number of hydrogen-bond donors (Lipinski definition) is 1. The van der Waals surface area contributed by atoms with Gasteiger partial charge in [0.25, 0.3) is 0 Å². The van der Waals surface area contributed by atoms with Gasteiger partial charge in [0.15, 0.2) is 0 Å². The highest BCUT2D eigenvalue weighted by Crippen LogP contribution is 2.18. The van der Waals surface area contributed by atoms with Gasteiger partial charge in [0.05, 0.1) is 6.54 Å². The van der Waals surface area contributed by atoms with Crippen LogP contribution in [0.15, 0.2) is 41.4 Å². The average molecular weight is 206 g/mol. The van der Waals surface area contributed by atoms with Gasteiger partial charge in [-0.2, -0.15) is 0 Å². The van der Waals surface area contributed by atoms with Crippen LogP contribution < -0.4 is 5.32 Å². The Morgan fingerprint density at radius 2 is 2.20 bits per heavy atom. The molecule has 1 heterocycles. The lowest BCUT2D eigenvalue weighted by atomic mass is 10.0.